The molecule has 5 amide bonds. The van der Waals surface area contributed by atoms with Crippen LogP contribution in [0.1, 0.15) is 99.6 Å². The van der Waals surface area contributed by atoms with Gasteiger partial charge in [0.2, 0.25) is 23.5 Å². The van der Waals surface area contributed by atoms with Crippen molar-refractivity contribution in [1.82, 2.24) is 26.2 Å². The molecule has 0 aliphatic carbocycles. The molecule has 1 aromatic carbocycles. The molecule has 0 bridgehead atoms. The van der Waals surface area contributed by atoms with Crippen LogP contribution in [0.25, 0.3) is 0 Å². The average molecular weight is 717 g/mol. The summed E-state index contributed by atoms with van der Waals surface area (Å²) in [7, 11) is 0. The van der Waals surface area contributed by atoms with Gasteiger partial charge in [0.05, 0.1) is 36.9 Å². The lowest BCUT2D eigenvalue weighted by molar-refractivity contribution is -0.144. The third kappa shape index (κ3) is 14.2. The number of ketones is 1. The number of hydrogen-bond acceptors (Lipinski definition) is 9. The predicted octanol–water partition coefficient (Wildman–Crippen LogP) is 2.74. The lowest BCUT2D eigenvalue weighted by atomic mass is 9.85. The van der Waals surface area contributed by atoms with Crippen LogP contribution < -0.4 is 27.0 Å². The number of rotatable bonds is 17. The Kier molecular flexibility index (Phi) is 16.5. The summed E-state index contributed by atoms with van der Waals surface area (Å²) in [6.07, 6.45) is 0.248. The molecule has 1 heterocycles. The van der Waals surface area contributed by atoms with E-state index < -0.39 is 83.3 Å². The van der Waals surface area contributed by atoms with Gasteiger partial charge in [0.15, 0.2) is 0 Å². The SMILES string of the molecule is CCCCC(NC(=O)C1CC(OC(C)(C)C)CN1C(=O)C(NC(=O)OCC(C)C)C(C)(C)C)C(=O)C(=O)NCC(=O)NC(CN)c1ccccc1. The first-order valence-electron chi connectivity index (χ1n) is 17.9. The number of alkyl carbamates (subject to hydrolysis) is 1. The first-order chi connectivity index (χ1) is 23.8. The fourth-order valence-corrected chi connectivity index (χ4v) is 5.65. The molecule has 5 atom stereocenters. The first-order valence-corrected chi connectivity index (χ1v) is 17.9. The molecule has 14 heteroatoms. The van der Waals surface area contributed by atoms with Gasteiger partial charge in [0, 0.05) is 19.5 Å². The average Bonchev–Trinajstić information content (AvgIpc) is 3.47. The number of benzene rings is 1. The van der Waals surface area contributed by atoms with Crippen molar-refractivity contribution in [2.24, 2.45) is 17.1 Å². The Morgan fingerprint density at radius 1 is 0.961 bits per heavy atom. The molecule has 5 unspecified atom stereocenters. The Labute approximate surface area is 302 Å². The number of carbonyl (C=O) groups excluding carboxylic acids is 6. The lowest BCUT2D eigenvalue weighted by Gasteiger charge is -2.35. The van der Waals surface area contributed by atoms with Gasteiger partial charge in [-0.15, -0.1) is 0 Å². The van der Waals surface area contributed by atoms with Gasteiger partial charge in [0.1, 0.15) is 12.1 Å². The third-order valence-electron chi connectivity index (χ3n) is 8.18. The van der Waals surface area contributed by atoms with Gasteiger partial charge in [-0.2, -0.15) is 0 Å². The normalized spacial score (nSPS) is 18.0. The number of nitrogens with zero attached hydrogens (tertiary/aromatic N) is 1. The van der Waals surface area contributed by atoms with Gasteiger partial charge in [-0.05, 0) is 44.1 Å². The maximum Gasteiger partial charge on any atom is 0.407 e. The molecule has 1 saturated heterocycles. The maximum absolute atomic E-state index is 14.2. The monoisotopic (exact) mass is 716 g/mol. The minimum atomic E-state index is -1.20. The molecule has 0 aromatic heterocycles. The Morgan fingerprint density at radius 3 is 2.16 bits per heavy atom. The van der Waals surface area contributed by atoms with Crippen LogP contribution in [0.4, 0.5) is 4.79 Å². The molecule has 0 radical (unpaired) electrons. The third-order valence-corrected chi connectivity index (χ3v) is 8.18. The van der Waals surface area contributed by atoms with Crippen LogP contribution in [0.3, 0.4) is 0 Å². The minimum absolute atomic E-state index is 0.0689. The zero-order valence-corrected chi connectivity index (χ0v) is 31.8. The van der Waals surface area contributed by atoms with Crippen LogP contribution in [-0.4, -0.2) is 96.5 Å². The standard InChI is InChI=1S/C37H60N6O8/c1-10-11-17-26(30(45)33(47)39-20-29(44)40-27(19-38)24-15-13-12-14-16-24)41-32(46)28-18-25(51-37(7,8)9)21-43(28)34(48)31(36(4,5)6)42-35(49)50-22-23(2)3/h12-16,23,25-28,31H,10-11,17-22,38H2,1-9H3,(H,39,47)(H,40,44)(H,41,46)(H,42,49). The first kappa shape index (κ1) is 43.1. The number of Topliss-reactive ketones (excluding diaryl/α,β-unsaturated/α-hetero) is 1. The molecule has 1 fully saturated rings. The minimum Gasteiger partial charge on any atom is -0.449 e. The Morgan fingerprint density at radius 2 is 1.61 bits per heavy atom. The van der Waals surface area contributed by atoms with Crippen molar-refractivity contribution < 1.29 is 38.2 Å². The van der Waals surface area contributed by atoms with Crippen molar-refractivity contribution in [3.8, 4) is 0 Å². The summed E-state index contributed by atoms with van der Waals surface area (Å²) in [4.78, 5) is 81.3. The largest absolute Gasteiger partial charge is 0.449 e. The zero-order chi connectivity index (χ0) is 38.5. The van der Waals surface area contributed by atoms with Crippen molar-refractivity contribution in [3.63, 3.8) is 0 Å². The van der Waals surface area contributed by atoms with Crippen LogP contribution in [0.5, 0.6) is 0 Å². The highest BCUT2D eigenvalue weighted by molar-refractivity contribution is 6.38. The summed E-state index contributed by atoms with van der Waals surface area (Å²) < 4.78 is 11.5. The second-order valence-corrected chi connectivity index (χ2v) is 15.5. The Balaban J connectivity index is 2.24. The van der Waals surface area contributed by atoms with Crippen LogP contribution in [0.15, 0.2) is 30.3 Å². The summed E-state index contributed by atoms with van der Waals surface area (Å²) >= 11 is 0. The topological polar surface area (TPSA) is 198 Å². The number of nitrogens with two attached hydrogens (primary N) is 1. The zero-order valence-electron chi connectivity index (χ0n) is 31.8. The van der Waals surface area contributed by atoms with E-state index in [9.17, 15) is 28.8 Å². The Hall–Kier alpha value is -4.04. The quantitative estimate of drug-likeness (QED) is 0.151. The van der Waals surface area contributed by atoms with Crippen LogP contribution >= 0.6 is 0 Å². The molecule has 14 nitrogen and oxygen atoms in total. The van der Waals surface area contributed by atoms with Crippen molar-refractivity contribution in [2.75, 3.05) is 26.2 Å². The molecular formula is C37H60N6O8. The lowest BCUT2D eigenvalue weighted by Crippen LogP contribution is -2.59. The summed E-state index contributed by atoms with van der Waals surface area (Å²) in [6, 6.07) is 5.32. The van der Waals surface area contributed by atoms with E-state index in [4.69, 9.17) is 15.2 Å². The number of nitrogens with one attached hydrogen (secondary N) is 4. The van der Waals surface area contributed by atoms with Crippen molar-refractivity contribution >= 4 is 35.5 Å². The highest BCUT2D eigenvalue weighted by atomic mass is 16.5. The fraction of sp³-hybridized carbons (Fsp3) is 0.676. The van der Waals surface area contributed by atoms with Gasteiger partial charge < -0.3 is 41.4 Å². The highest BCUT2D eigenvalue weighted by Crippen LogP contribution is 2.29. The van der Waals surface area contributed by atoms with E-state index in [-0.39, 0.29) is 38.5 Å². The highest BCUT2D eigenvalue weighted by Gasteiger charge is 2.47. The summed E-state index contributed by atoms with van der Waals surface area (Å²) in [6.45, 7) is 16.6. The molecule has 51 heavy (non-hydrogen) atoms. The maximum atomic E-state index is 14.2. The Bertz CT molecular complexity index is 1340. The number of hydrogen-bond donors (Lipinski definition) is 5. The summed E-state index contributed by atoms with van der Waals surface area (Å²) in [5.41, 5.74) is 5.29. The van der Waals surface area contributed by atoms with Gasteiger partial charge in [0.25, 0.3) is 5.91 Å². The predicted molar refractivity (Wildman–Crippen MR) is 193 cm³/mol. The van der Waals surface area contributed by atoms with E-state index in [0.29, 0.717) is 12.8 Å². The van der Waals surface area contributed by atoms with Crippen LogP contribution in [0.2, 0.25) is 0 Å². The molecule has 2 rings (SSSR count). The van der Waals surface area contributed by atoms with Gasteiger partial charge in [-0.3, -0.25) is 24.0 Å². The molecule has 286 valence electrons. The van der Waals surface area contributed by atoms with Gasteiger partial charge in [-0.25, -0.2) is 4.79 Å². The number of likely N-dealkylation sites (tertiary alicyclic amines) is 1. The molecule has 0 saturated carbocycles. The van der Waals surface area contributed by atoms with Crippen molar-refractivity contribution in [2.45, 2.75) is 124 Å². The molecule has 1 aromatic rings. The fourth-order valence-electron chi connectivity index (χ4n) is 5.65. The summed E-state index contributed by atoms with van der Waals surface area (Å²) in [5.74, 6) is -3.52. The number of unbranched alkanes of at least 4 members (excludes halogenated alkanes) is 1. The van der Waals surface area contributed by atoms with E-state index in [2.05, 4.69) is 21.3 Å². The van der Waals surface area contributed by atoms with Gasteiger partial charge in [-0.1, -0.05) is 84.7 Å². The second kappa shape index (κ2) is 19.5. The van der Waals surface area contributed by atoms with E-state index in [0.717, 1.165) is 5.56 Å². The van der Waals surface area contributed by atoms with Crippen molar-refractivity contribution in [3.05, 3.63) is 35.9 Å². The van der Waals surface area contributed by atoms with Crippen LogP contribution in [-0.2, 0) is 33.4 Å². The second-order valence-electron chi connectivity index (χ2n) is 15.5. The van der Waals surface area contributed by atoms with E-state index in [1.807, 2.05) is 71.9 Å². The number of amides is 5. The van der Waals surface area contributed by atoms with E-state index in [1.165, 1.54) is 4.90 Å². The smallest absolute Gasteiger partial charge is 0.407 e. The summed E-state index contributed by atoms with van der Waals surface area (Å²) in [5, 5.41) is 10.5. The number of ether oxygens (including phenoxy) is 2. The number of carbonyl (C=O) groups is 6. The molecular weight excluding hydrogens is 656 g/mol. The van der Waals surface area contributed by atoms with E-state index >= 15 is 0 Å². The molecule has 0 spiro atoms. The van der Waals surface area contributed by atoms with Crippen LogP contribution in [0, 0.1) is 11.3 Å². The van der Waals surface area contributed by atoms with Gasteiger partial charge >= 0.3 is 6.09 Å². The molecule has 1 aliphatic heterocycles. The van der Waals surface area contributed by atoms with Crippen molar-refractivity contribution in [1.29, 1.82) is 0 Å². The van der Waals surface area contributed by atoms with E-state index in [1.54, 1.807) is 20.8 Å². The molecule has 1 aliphatic rings. The molecule has 6 N–H and O–H groups in total.